The van der Waals surface area contributed by atoms with Gasteiger partial charge in [-0.2, -0.15) is 5.26 Å². The summed E-state index contributed by atoms with van der Waals surface area (Å²) in [7, 11) is 0. The van der Waals surface area contributed by atoms with Crippen molar-refractivity contribution >= 4 is 5.82 Å². The van der Waals surface area contributed by atoms with Crippen molar-refractivity contribution in [1.82, 2.24) is 9.55 Å². The Kier molecular flexibility index (Phi) is 2.61. The lowest BCUT2D eigenvalue weighted by molar-refractivity contribution is 0.771. The van der Waals surface area contributed by atoms with Crippen LogP contribution in [-0.2, 0) is 6.54 Å². The molecule has 0 amide bonds. The minimum absolute atomic E-state index is 0.593. The highest BCUT2D eigenvalue weighted by molar-refractivity contribution is 5.75. The van der Waals surface area contributed by atoms with Crippen LogP contribution in [-0.4, -0.2) is 9.55 Å². The monoisotopic (exact) mass is 212 g/mol. The minimum atomic E-state index is 0.593. The van der Waals surface area contributed by atoms with E-state index in [0.717, 1.165) is 12.1 Å². The fourth-order valence-electron chi connectivity index (χ4n) is 1.64. The number of anilines is 1. The zero-order valence-corrected chi connectivity index (χ0v) is 9.01. The van der Waals surface area contributed by atoms with E-state index in [2.05, 4.69) is 11.1 Å². The highest BCUT2D eigenvalue weighted by Crippen LogP contribution is 2.26. The van der Waals surface area contributed by atoms with Gasteiger partial charge in [-0.1, -0.05) is 18.2 Å². The Bertz CT molecular complexity index is 548. The maximum Gasteiger partial charge on any atom is 0.131 e. The molecule has 2 rings (SSSR count). The van der Waals surface area contributed by atoms with Gasteiger partial charge in [0.25, 0.3) is 0 Å². The molecule has 1 heterocycles. The first-order valence-electron chi connectivity index (χ1n) is 5.08. The van der Waals surface area contributed by atoms with E-state index < -0.39 is 0 Å². The molecule has 0 bridgehead atoms. The number of benzene rings is 1. The second kappa shape index (κ2) is 4.07. The summed E-state index contributed by atoms with van der Waals surface area (Å²) in [5, 5.41) is 9.01. The topological polar surface area (TPSA) is 67.6 Å². The summed E-state index contributed by atoms with van der Waals surface area (Å²) in [6.45, 7) is 2.77. The van der Waals surface area contributed by atoms with E-state index in [1.165, 1.54) is 0 Å². The molecule has 0 unspecified atom stereocenters. The van der Waals surface area contributed by atoms with Crippen molar-refractivity contribution in [2.75, 3.05) is 5.73 Å². The van der Waals surface area contributed by atoms with Crippen molar-refractivity contribution in [2.45, 2.75) is 13.5 Å². The summed E-state index contributed by atoms with van der Waals surface area (Å²) in [5.41, 5.74) is 8.02. The number of nitrogens with zero attached hydrogens (tertiary/aromatic N) is 3. The van der Waals surface area contributed by atoms with Gasteiger partial charge in [0.05, 0.1) is 18.0 Å². The maximum atomic E-state index is 9.01. The van der Waals surface area contributed by atoms with E-state index in [-0.39, 0.29) is 0 Å². The maximum absolute atomic E-state index is 9.01. The number of rotatable bonds is 2. The molecule has 1 aromatic carbocycles. The third-order valence-electron chi connectivity index (χ3n) is 2.52. The van der Waals surface area contributed by atoms with Gasteiger partial charge < -0.3 is 10.3 Å². The standard InChI is InChI=1S/C12H12N4/c1-2-16-8-15-11(12(16)14)10-6-4-3-5-9(10)7-13/h3-6,8H,2,14H2,1H3. The Labute approximate surface area is 94.0 Å². The molecule has 0 radical (unpaired) electrons. The Morgan fingerprint density at radius 2 is 2.19 bits per heavy atom. The van der Waals surface area contributed by atoms with E-state index in [0.29, 0.717) is 17.1 Å². The second-order valence-electron chi connectivity index (χ2n) is 3.42. The molecule has 2 aromatic rings. The summed E-state index contributed by atoms with van der Waals surface area (Å²) < 4.78 is 1.85. The first-order chi connectivity index (χ1) is 7.77. The third kappa shape index (κ3) is 1.52. The predicted octanol–water partition coefficient (Wildman–Crippen LogP) is 2.02. The lowest BCUT2D eigenvalue weighted by Crippen LogP contribution is -1.99. The van der Waals surface area contributed by atoms with Gasteiger partial charge in [0.1, 0.15) is 11.5 Å². The SMILES string of the molecule is CCn1cnc(-c2ccccc2C#N)c1N. The summed E-state index contributed by atoms with van der Waals surface area (Å²) >= 11 is 0. The summed E-state index contributed by atoms with van der Waals surface area (Å²) in [4.78, 5) is 4.25. The van der Waals surface area contributed by atoms with Gasteiger partial charge >= 0.3 is 0 Å². The van der Waals surface area contributed by atoms with Crippen LogP contribution in [0.3, 0.4) is 0 Å². The van der Waals surface area contributed by atoms with Crippen LogP contribution in [0.2, 0.25) is 0 Å². The first kappa shape index (κ1) is 10.2. The highest BCUT2D eigenvalue weighted by Gasteiger charge is 2.12. The molecule has 0 saturated carbocycles. The van der Waals surface area contributed by atoms with Crippen LogP contribution in [0.4, 0.5) is 5.82 Å². The molecule has 0 aliphatic carbocycles. The van der Waals surface area contributed by atoms with Crippen molar-refractivity contribution in [2.24, 2.45) is 0 Å². The summed E-state index contributed by atoms with van der Waals surface area (Å²) in [6, 6.07) is 9.47. The Morgan fingerprint density at radius 1 is 1.44 bits per heavy atom. The molecule has 2 N–H and O–H groups in total. The van der Waals surface area contributed by atoms with Crippen LogP contribution < -0.4 is 5.73 Å². The van der Waals surface area contributed by atoms with Gasteiger partial charge in [0.15, 0.2) is 0 Å². The third-order valence-corrected chi connectivity index (χ3v) is 2.52. The normalized spacial score (nSPS) is 10.0. The second-order valence-corrected chi connectivity index (χ2v) is 3.42. The van der Waals surface area contributed by atoms with Crippen molar-refractivity contribution < 1.29 is 0 Å². The minimum Gasteiger partial charge on any atom is -0.383 e. The zero-order chi connectivity index (χ0) is 11.5. The Morgan fingerprint density at radius 3 is 2.81 bits per heavy atom. The van der Waals surface area contributed by atoms with Gasteiger partial charge in [-0.15, -0.1) is 0 Å². The van der Waals surface area contributed by atoms with E-state index in [1.807, 2.05) is 29.7 Å². The number of aromatic nitrogens is 2. The highest BCUT2D eigenvalue weighted by atomic mass is 15.1. The molecule has 0 fully saturated rings. The van der Waals surface area contributed by atoms with Gasteiger partial charge in [0, 0.05) is 12.1 Å². The van der Waals surface area contributed by atoms with Crippen molar-refractivity contribution in [3.63, 3.8) is 0 Å². The lowest BCUT2D eigenvalue weighted by Gasteiger charge is -2.03. The molecule has 0 atom stereocenters. The fraction of sp³-hybridized carbons (Fsp3) is 0.167. The van der Waals surface area contributed by atoms with Crippen LogP contribution in [0.5, 0.6) is 0 Å². The summed E-state index contributed by atoms with van der Waals surface area (Å²) in [6.07, 6.45) is 1.69. The van der Waals surface area contributed by atoms with Crippen LogP contribution >= 0.6 is 0 Å². The molecular formula is C12H12N4. The Hall–Kier alpha value is -2.28. The lowest BCUT2D eigenvalue weighted by atomic mass is 10.1. The van der Waals surface area contributed by atoms with E-state index in [9.17, 15) is 0 Å². The van der Waals surface area contributed by atoms with Gasteiger partial charge in [-0.25, -0.2) is 4.98 Å². The molecule has 80 valence electrons. The number of aryl methyl sites for hydroxylation is 1. The largest absolute Gasteiger partial charge is 0.383 e. The molecule has 4 heteroatoms. The molecule has 0 aliphatic rings. The van der Waals surface area contributed by atoms with E-state index >= 15 is 0 Å². The quantitative estimate of drug-likeness (QED) is 0.828. The van der Waals surface area contributed by atoms with Crippen molar-refractivity contribution in [1.29, 1.82) is 5.26 Å². The molecule has 16 heavy (non-hydrogen) atoms. The van der Waals surface area contributed by atoms with E-state index in [1.54, 1.807) is 12.4 Å². The first-order valence-corrected chi connectivity index (χ1v) is 5.08. The number of nitriles is 1. The summed E-state index contributed by atoms with van der Waals surface area (Å²) in [5.74, 6) is 0.602. The molecule has 1 aromatic heterocycles. The van der Waals surface area contributed by atoms with E-state index in [4.69, 9.17) is 11.0 Å². The van der Waals surface area contributed by atoms with Crippen LogP contribution in [0.15, 0.2) is 30.6 Å². The number of nitrogens with two attached hydrogens (primary N) is 1. The zero-order valence-electron chi connectivity index (χ0n) is 9.01. The van der Waals surface area contributed by atoms with Crippen molar-refractivity contribution in [3.05, 3.63) is 36.2 Å². The van der Waals surface area contributed by atoms with Crippen LogP contribution in [0, 0.1) is 11.3 Å². The number of hydrogen-bond donors (Lipinski definition) is 1. The number of nitrogen functional groups attached to an aromatic ring is 1. The molecule has 0 spiro atoms. The molecular weight excluding hydrogens is 200 g/mol. The number of hydrogen-bond acceptors (Lipinski definition) is 3. The fourth-order valence-corrected chi connectivity index (χ4v) is 1.64. The van der Waals surface area contributed by atoms with Gasteiger partial charge in [-0.3, -0.25) is 0 Å². The van der Waals surface area contributed by atoms with Crippen LogP contribution in [0.25, 0.3) is 11.3 Å². The van der Waals surface area contributed by atoms with Crippen molar-refractivity contribution in [3.8, 4) is 17.3 Å². The van der Waals surface area contributed by atoms with Crippen LogP contribution in [0.1, 0.15) is 12.5 Å². The average molecular weight is 212 g/mol. The molecule has 4 nitrogen and oxygen atoms in total. The van der Waals surface area contributed by atoms with Gasteiger partial charge in [-0.05, 0) is 13.0 Å². The smallest absolute Gasteiger partial charge is 0.131 e. The number of imidazole rings is 1. The predicted molar refractivity (Wildman–Crippen MR) is 62.5 cm³/mol. The molecule has 0 saturated heterocycles. The Balaban J connectivity index is 2.60. The van der Waals surface area contributed by atoms with Gasteiger partial charge in [0.2, 0.25) is 0 Å². The average Bonchev–Trinajstić information content (AvgIpc) is 2.70. The molecule has 0 aliphatic heterocycles.